The van der Waals surface area contributed by atoms with Gasteiger partial charge in [-0.25, -0.2) is 8.42 Å². The second-order valence-electron chi connectivity index (χ2n) is 5.54. The van der Waals surface area contributed by atoms with Crippen LogP contribution in [0, 0.1) is 0 Å². The van der Waals surface area contributed by atoms with E-state index in [0.29, 0.717) is 11.3 Å². The average Bonchev–Trinajstić information content (AvgIpc) is 2.56. The molecule has 0 spiro atoms. The molecule has 0 saturated heterocycles. The fourth-order valence-corrected chi connectivity index (χ4v) is 4.06. The van der Waals surface area contributed by atoms with Crippen molar-refractivity contribution in [3.05, 3.63) is 58.1 Å². The first kappa shape index (κ1) is 20.4. The van der Waals surface area contributed by atoms with Crippen molar-refractivity contribution in [3.63, 3.8) is 0 Å². The highest BCUT2D eigenvalue weighted by molar-refractivity contribution is 7.89. The molecule has 0 bridgehead atoms. The maximum atomic E-state index is 12.4. The largest absolute Gasteiger partial charge is 0.325 e. The number of amides is 1. The zero-order valence-corrected chi connectivity index (χ0v) is 16.2. The smallest absolute Gasteiger partial charge is 0.242 e. The number of hydrogen-bond donors (Lipinski definition) is 2. The van der Waals surface area contributed by atoms with Crippen LogP contribution in [0.15, 0.2) is 47.4 Å². The topological polar surface area (TPSA) is 92.3 Å². The summed E-state index contributed by atoms with van der Waals surface area (Å²) < 4.78 is 27.1. The number of nitrogens with one attached hydrogen (secondary N) is 2. The van der Waals surface area contributed by atoms with Crippen molar-refractivity contribution in [1.82, 2.24) is 4.72 Å². The second kappa shape index (κ2) is 8.18. The Labute approximate surface area is 161 Å². The summed E-state index contributed by atoms with van der Waals surface area (Å²) in [5, 5.41) is 2.75. The summed E-state index contributed by atoms with van der Waals surface area (Å²) in [6.45, 7) is 2.80. The van der Waals surface area contributed by atoms with E-state index in [2.05, 4.69) is 10.0 Å². The fourth-order valence-electron chi connectivity index (χ4n) is 2.10. The molecule has 138 valence electrons. The standard InChI is InChI=1S/C17H16Cl2N2O4S/c1-10(17(23)20-14-5-3-4-12(8-14)11(2)22)21-26(24,25)16-9-13(18)6-7-15(16)19/h3-10,21H,1-2H3,(H,20,23)/t10-/m0/s1. The first-order chi connectivity index (χ1) is 12.1. The molecule has 0 aliphatic rings. The molecular formula is C17H16Cl2N2O4S. The van der Waals surface area contributed by atoms with Crippen LogP contribution in [0.1, 0.15) is 24.2 Å². The van der Waals surface area contributed by atoms with Crippen molar-refractivity contribution < 1.29 is 18.0 Å². The van der Waals surface area contributed by atoms with Crippen LogP contribution < -0.4 is 10.0 Å². The molecule has 0 fully saturated rings. The number of benzene rings is 2. The summed E-state index contributed by atoms with van der Waals surface area (Å²) in [6, 6.07) is 9.27. The molecular weight excluding hydrogens is 399 g/mol. The maximum Gasteiger partial charge on any atom is 0.242 e. The van der Waals surface area contributed by atoms with Gasteiger partial charge in [0.1, 0.15) is 4.90 Å². The minimum Gasteiger partial charge on any atom is -0.325 e. The van der Waals surface area contributed by atoms with Crippen molar-refractivity contribution >= 4 is 50.6 Å². The lowest BCUT2D eigenvalue weighted by molar-refractivity contribution is -0.117. The quantitative estimate of drug-likeness (QED) is 0.707. The molecule has 26 heavy (non-hydrogen) atoms. The number of carbonyl (C=O) groups is 2. The molecule has 2 aromatic rings. The summed E-state index contributed by atoms with van der Waals surface area (Å²) in [6.07, 6.45) is 0. The number of Topliss-reactive ketones (excluding diaryl/α,β-unsaturated/α-hetero) is 1. The molecule has 0 aliphatic carbocycles. The van der Waals surface area contributed by atoms with Crippen LogP contribution in [0.5, 0.6) is 0 Å². The van der Waals surface area contributed by atoms with Crippen molar-refractivity contribution in [3.8, 4) is 0 Å². The highest BCUT2D eigenvalue weighted by Gasteiger charge is 2.24. The van der Waals surface area contributed by atoms with E-state index in [1.807, 2.05) is 0 Å². The van der Waals surface area contributed by atoms with Gasteiger partial charge in [-0.1, -0.05) is 35.3 Å². The van der Waals surface area contributed by atoms with E-state index < -0.39 is 22.0 Å². The van der Waals surface area contributed by atoms with E-state index in [0.717, 1.165) is 0 Å². The lowest BCUT2D eigenvalue weighted by Gasteiger charge is -2.15. The third kappa shape index (κ3) is 5.04. The predicted molar refractivity (Wildman–Crippen MR) is 101 cm³/mol. The van der Waals surface area contributed by atoms with Gasteiger partial charge in [0.15, 0.2) is 5.78 Å². The number of halogens is 2. The molecule has 2 rings (SSSR count). The Morgan fingerprint density at radius 2 is 1.77 bits per heavy atom. The minimum absolute atomic E-state index is 0.0105. The molecule has 0 unspecified atom stereocenters. The van der Waals surface area contributed by atoms with Crippen LogP contribution in [-0.4, -0.2) is 26.2 Å². The number of anilines is 1. The Balaban J connectivity index is 2.14. The van der Waals surface area contributed by atoms with E-state index in [1.54, 1.807) is 18.2 Å². The monoisotopic (exact) mass is 414 g/mol. The molecule has 0 heterocycles. The van der Waals surface area contributed by atoms with E-state index >= 15 is 0 Å². The van der Waals surface area contributed by atoms with Crippen LogP contribution in [0.2, 0.25) is 10.0 Å². The zero-order chi connectivity index (χ0) is 19.5. The van der Waals surface area contributed by atoms with E-state index in [-0.39, 0.29) is 20.7 Å². The van der Waals surface area contributed by atoms with Crippen LogP contribution >= 0.6 is 23.2 Å². The highest BCUT2D eigenvalue weighted by atomic mass is 35.5. The lowest BCUT2D eigenvalue weighted by atomic mass is 10.1. The third-order valence-electron chi connectivity index (χ3n) is 3.44. The normalized spacial score (nSPS) is 12.5. The van der Waals surface area contributed by atoms with Crippen LogP contribution in [0.25, 0.3) is 0 Å². The van der Waals surface area contributed by atoms with Gasteiger partial charge in [0.2, 0.25) is 15.9 Å². The average molecular weight is 415 g/mol. The third-order valence-corrected chi connectivity index (χ3v) is 5.70. The van der Waals surface area contributed by atoms with Gasteiger partial charge in [-0.2, -0.15) is 4.72 Å². The Bertz CT molecular complexity index is 961. The van der Waals surface area contributed by atoms with E-state index in [4.69, 9.17) is 23.2 Å². The summed E-state index contributed by atoms with van der Waals surface area (Å²) in [4.78, 5) is 23.4. The van der Waals surface area contributed by atoms with Gasteiger partial charge >= 0.3 is 0 Å². The summed E-state index contributed by atoms with van der Waals surface area (Å²) in [7, 11) is -4.05. The Morgan fingerprint density at radius 1 is 1.08 bits per heavy atom. The molecule has 9 heteroatoms. The van der Waals surface area contributed by atoms with E-state index in [9.17, 15) is 18.0 Å². The number of ketones is 1. The van der Waals surface area contributed by atoms with Crippen molar-refractivity contribution in [1.29, 1.82) is 0 Å². The Hall–Kier alpha value is -1.93. The summed E-state index contributed by atoms with van der Waals surface area (Å²) in [5.41, 5.74) is 0.816. The number of sulfonamides is 1. The molecule has 2 aromatic carbocycles. The Morgan fingerprint density at radius 3 is 2.42 bits per heavy atom. The second-order valence-corrected chi connectivity index (χ2v) is 8.07. The van der Waals surface area contributed by atoms with Crippen molar-refractivity contribution in [2.24, 2.45) is 0 Å². The first-order valence-corrected chi connectivity index (χ1v) is 9.73. The molecule has 0 aliphatic heterocycles. The molecule has 0 radical (unpaired) electrons. The first-order valence-electron chi connectivity index (χ1n) is 7.49. The lowest BCUT2D eigenvalue weighted by Crippen LogP contribution is -2.41. The molecule has 2 N–H and O–H groups in total. The van der Waals surface area contributed by atoms with Gasteiger partial charge in [-0.05, 0) is 44.2 Å². The molecule has 0 saturated carbocycles. The van der Waals surface area contributed by atoms with Gasteiger partial charge in [0, 0.05) is 16.3 Å². The van der Waals surface area contributed by atoms with Gasteiger partial charge in [-0.15, -0.1) is 0 Å². The van der Waals surface area contributed by atoms with Crippen molar-refractivity contribution in [2.45, 2.75) is 24.8 Å². The van der Waals surface area contributed by atoms with Gasteiger partial charge in [0.25, 0.3) is 0 Å². The van der Waals surface area contributed by atoms with Gasteiger partial charge in [0.05, 0.1) is 11.1 Å². The SMILES string of the molecule is CC(=O)c1cccc(NC(=O)[C@H](C)NS(=O)(=O)c2cc(Cl)ccc2Cl)c1. The maximum absolute atomic E-state index is 12.4. The van der Waals surface area contributed by atoms with Gasteiger partial charge < -0.3 is 5.32 Å². The minimum atomic E-state index is -4.05. The highest BCUT2D eigenvalue weighted by Crippen LogP contribution is 2.25. The number of hydrogen-bond acceptors (Lipinski definition) is 4. The Kier molecular flexibility index (Phi) is 6.41. The van der Waals surface area contributed by atoms with Crippen LogP contribution in [0.3, 0.4) is 0 Å². The molecule has 6 nitrogen and oxygen atoms in total. The zero-order valence-electron chi connectivity index (χ0n) is 13.9. The molecule has 0 aromatic heterocycles. The van der Waals surface area contributed by atoms with Crippen LogP contribution in [-0.2, 0) is 14.8 Å². The summed E-state index contributed by atoms with van der Waals surface area (Å²) in [5.74, 6) is -0.738. The molecule has 1 atom stereocenters. The molecule has 1 amide bonds. The number of rotatable bonds is 6. The van der Waals surface area contributed by atoms with E-state index in [1.165, 1.54) is 38.1 Å². The van der Waals surface area contributed by atoms with Crippen LogP contribution in [0.4, 0.5) is 5.69 Å². The predicted octanol–water partition coefficient (Wildman–Crippen LogP) is 3.50. The van der Waals surface area contributed by atoms with Crippen molar-refractivity contribution in [2.75, 3.05) is 5.32 Å². The van der Waals surface area contributed by atoms with Gasteiger partial charge in [-0.3, -0.25) is 9.59 Å². The number of carbonyl (C=O) groups excluding carboxylic acids is 2. The summed E-state index contributed by atoms with van der Waals surface area (Å²) >= 11 is 11.7. The fraction of sp³-hybridized carbons (Fsp3) is 0.176.